The van der Waals surface area contributed by atoms with E-state index in [0.717, 1.165) is 25.8 Å². The van der Waals surface area contributed by atoms with Crippen molar-refractivity contribution in [3.63, 3.8) is 0 Å². The van der Waals surface area contributed by atoms with Gasteiger partial charge in [-0.2, -0.15) is 0 Å². The third-order valence-corrected chi connectivity index (χ3v) is 3.70. The van der Waals surface area contributed by atoms with Crippen LogP contribution in [0.5, 0.6) is 0 Å². The summed E-state index contributed by atoms with van der Waals surface area (Å²) in [5.41, 5.74) is 9.97. The first kappa shape index (κ1) is 13.8. The normalized spacial score (nSPS) is 12.3. The zero-order chi connectivity index (χ0) is 13.5. The lowest BCUT2D eigenvalue weighted by atomic mass is 9.89. The smallest absolute Gasteiger partial charge is 0.00713 e. The topological polar surface area (TPSA) is 26.0 Å². The Morgan fingerprint density at radius 2 is 1.58 bits per heavy atom. The Morgan fingerprint density at radius 1 is 0.895 bits per heavy atom. The molecule has 0 aromatic heterocycles. The van der Waals surface area contributed by atoms with E-state index in [1.807, 2.05) is 0 Å². The highest BCUT2D eigenvalue weighted by Crippen LogP contribution is 2.24. The van der Waals surface area contributed by atoms with Gasteiger partial charge in [0, 0.05) is 0 Å². The second-order valence-electron chi connectivity index (χ2n) is 5.06. The molecule has 0 saturated heterocycles. The number of nitrogens with two attached hydrogens (primary N) is 1. The largest absolute Gasteiger partial charge is 0.330 e. The van der Waals surface area contributed by atoms with Crippen molar-refractivity contribution in [1.29, 1.82) is 0 Å². The molecule has 1 unspecified atom stereocenters. The first-order valence-electron chi connectivity index (χ1n) is 7.16. The molecule has 0 radical (unpaired) electrons. The highest BCUT2D eigenvalue weighted by Gasteiger charge is 2.11. The number of aryl methyl sites for hydroxylation is 1. The van der Waals surface area contributed by atoms with Gasteiger partial charge in [-0.15, -0.1) is 0 Å². The molecule has 0 saturated carbocycles. The number of rotatable bonds is 6. The number of hydrogen-bond donors (Lipinski definition) is 1. The molecular weight excluding hydrogens is 230 g/mol. The monoisotopic (exact) mass is 253 g/mol. The molecule has 0 amide bonds. The molecule has 1 heteroatoms. The standard InChI is InChI=1S/C18H23N/c1-2-15-8-10-17(11-9-15)18(12-13-19)14-16-6-4-3-5-7-16/h3-11,18H,2,12-14,19H2,1H3. The second kappa shape index (κ2) is 7.10. The van der Waals surface area contributed by atoms with Gasteiger partial charge >= 0.3 is 0 Å². The Morgan fingerprint density at radius 3 is 2.16 bits per heavy atom. The predicted octanol–water partition coefficient (Wildman–Crippen LogP) is 3.92. The average molecular weight is 253 g/mol. The summed E-state index contributed by atoms with van der Waals surface area (Å²) in [4.78, 5) is 0. The van der Waals surface area contributed by atoms with Gasteiger partial charge in [0.15, 0.2) is 0 Å². The van der Waals surface area contributed by atoms with Gasteiger partial charge in [0.1, 0.15) is 0 Å². The Bertz CT molecular complexity index is 473. The molecular formula is C18H23N. The summed E-state index contributed by atoms with van der Waals surface area (Å²) in [6, 6.07) is 19.7. The second-order valence-corrected chi connectivity index (χ2v) is 5.06. The molecule has 0 aliphatic rings. The van der Waals surface area contributed by atoms with Crippen LogP contribution in [0.25, 0.3) is 0 Å². The highest BCUT2D eigenvalue weighted by atomic mass is 14.5. The summed E-state index contributed by atoms with van der Waals surface area (Å²) in [5, 5.41) is 0. The molecule has 0 aliphatic carbocycles. The van der Waals surface area contributed by atoms with Gasteiger partial charge in [-0.05, 0) is 48.4 Å². The van der Waals surface area contributed by atoms with Gasteiger partial charge in [0.2, 0.25) is 0 Å². The van der Waals surface area contributed by atoms with Gasteiger partial charge < -0.3 is 5.73 Å². The quantitative estimate of drug-likeness (QED) is 0.829. The molecule has 1 atom stereocenters. The molecule has 2 aromatic carbocycles. The maximum atomic E-state index is 5.78. The summed E-state index contributed by atoms with van der Waals surface area (Å²) >= 11 is 0. The summed E-state index contributed by atoms with van der Waals surface area (Å²) in [7, 11) is 0. The summed E-state index contributed by atoms with van der Waals surface area (Å²) in [6.07, 6.45) is 3.21. The van der Waals surface area contributed by atoms with E-state index >= 15 is 0 Å². The Labute approximate surface area is 116 Å². The molecule has 2 rings (SSSR count). The minimum absolute atomic E-state index is 0.526. The van der Waals surface area contributed by atoms with Crippen molar-refractivity contribution in [3.8, 4) is 0 Å². The van der Waals surface area contributed by atoms with Gasteiger partial charge in [-0.1, -0.05) is 61.5 Å². The van der Waals surface area contributed by atoms with Crippen molar-refractivity contribution in [2.45, 2.75) is 32.1 Å². The minimum Gasteiger partial charge on any atom is -0.330 e. The lowest BCUT2D eigenvalue weighted by molar-refractivity contribution is 0.630. The van der Waals surface area contributed by atoms with E-state index in [1.54, 1.807) is 0 Å². The van der Waals surface area contributed by atoms with Crippen LogP contribution in [0.15, 0.2) is 54.6 Å². The number of benzene rings is 2. The van der Waals surface area contributed by atoms with Crippen LogP contribution in [0.4, 0.5) is 0 Å². The van der Waals surface area contributed by atoms with Crippen LogP contribution < -0.4 is 5.73 Å². The average Bonchev–Trinajstić information content (AvgIpc) is 2.48. The zero-order valence-electron chi connectivity index (χ0n) is 11.7. The first-order valence-corrected chi connectivity index (χ1v) is 7.16. The van der Waals surface area contributed by atoms with Gasteiger partial charge in [-0.25, -0.2) is 0 Å². The molecule has 2 aromatic rings. The van der Waals surface area contributed by atoms with Crippen LogP contribution in [0, 0.1) is 0 Å². The van der Waals surface area contributed by atoms with Crippen LogP contribution in [0.2, 0.25) is 0 Å². The van der Waals surface area contributed by atoms with E-state index in [9.17, 15) is 0 Å². The van der Waals surface area contributed by atoms with E-state index in [-0.39, 0.29) is 0 Å². The molecule has 0 spiro atoms. The van der Waals surface area contributed by atoms with Crippen molar-refractivity contribution < 1.29 is 0 Å². The van der Waals surface area contributed by atoms with E-state index in [2.05, 4.69) is 61.5 Å². The molecule has 0 aliphatic heterocycles. The fourth-order valence-electron chi connectivity index (χ4n) is 2.51. The fraction of sp³-hybridized carbons (Fsp3) is 0.333. The minimum atomic E-state index is 0.526. The van der Waals surface area contributed by atoms with Gasteiger partial charge in [0.25, 0.3) is 0 Å². The lowest BCUT2D eigenvalue weighted by Crippen LogP contribution is -2.10. The molecule has 19 heavy (non-hydrogen) atoms. The predicted molar refractivity (Wildman–Crippen MR) is 82.4 cm³/mol. The SMILES string of the molecule is CCc1ccc(C(CCN)Cc2ccccc2)cc1. The maximum absolute atomic E-state index is 5.78. The summed E-state index contributed by atoms with van der Waals surface area (Å²) < 4.78 is 0. The maximum Gasteiger partial charge on any atom is -0.00713 e. The summed E-state index contributed by atoms with van der Waals surface area (Å²) in [5.74, 6) is 0.526. The lowest BCUT2D eigenvalue weighted by Gasteiger charge is -2.17. The first-order chi connectivity index (χ1) is 9.33. The van der Waals surface area contributed by atoms with Crippen LogP contribution in [0.1, 0.15) is 36.0 Å². The van der Waals surface area contributed by atoms with Crippen molar-refractivity contribution in [3.05, 3.63) is 71.3 Å². The van der Waals surface area contributed by atoms with Crippen molar-refractivity contribution >= 4 is 0 Å². The molecule has 0 fully saturated rings. The van der Waals surface area contributed by atoms with Crippen LogP contribution in [0.3, 0.4) is 0 Å². The van der Waals surface area contributed by atoms with Gasteiger partial charge in [-0.3, -0.25) is 0 Å². The third-order valence-electron chi connectivity index (χ3n) is 3.70. The molecule has 1 nitrogen and oxygen atoms in total. The van der Waals surface area contributed by atoms with Crippen molar-refractivity contribution in [2.24, 2.45) is 5.73 Å². The van der Waals surface area contributed by atoms with Crippen LogP contribution in [-0.2, 0) is 12.8 Å². The Hall–Kier alpha value is -1.60. The summed E-state index contributed by atoms with van der Waals surface area (Å²) in [6.45, 7) is 2.93. The Kier molecular flexibility index (Phi) is 5.17. The highest BCUT2D eigenvalue weighted by molar-refractivity contribution is 5.27. The van der Waals surface area contributed by atoms with E-state index in [0.29, 0.717) is 5.92 Å². The van der Waals surface area contributed by atoms with Crippen LogP contribution in [-0.4, -0.2) is 6.54 Å². The molecule has 2 N–H and O–H groups in total. The molecule has 0 heterocycles. The van der Waals surface area contributed by atoms with Gasteiger partial charge in [0.05, 0.1) is 0 Å². The van der Waals surface area contributed by atoms with E-state index in [4.69, 9.17) is 5.73 Å². The third kappa shape index (κ3) is 3.93. The fourth-order valence-corrected chi connectivity index (χ4v) is 2.51. The molecule has 100 valence electrons. The van der Waals surface area contributed by atoms with E-state index < -0.39 is 0 Å². The molecule has 0 bridgehead atoms. The van der Waals surface area contributed by atoms with Crippen molar-refractivity contribution in [1.82, 2.24) is 0 Å². The zero-order valence-corrected chi connectivity index (χ0v) is 11.7. The Balaban J connectivity index is 2.14. The van der Waals surface area contributed by atoms with Crippen molar-refractivity contribution in [2.75, 3.05) is 6.54 Å². The number of hydrogen-bond acceptors (Lipinski definition) is 1. The van der Waals surface area contributed by atoms with E-state index in [1.165, 1.54) is 16.7 Å². The van der Waals surface area contributed by atoms with Crippen LogP contribution >= 0.6 is 0 Å².